The average Bonchev–Trinajstić information content (AvgIpc) is 2.92. The van der Waals surface area contributed by atoms with Crippen molar-refractivity contribution in [3.8, 4) is 23.5 Å². The molecule has 4 rings (SSSR count). The molecule has 0 aliphatic rings. The molecule has 1 radical (unpaired) electrons. The Morgan fingerprint density at radius 3 is 2.03 bits per heavy atom. The van der Waals surface area contributed by atoms with Crippen LogP contribution in [0.25, 0.3) is 0 Å². The van der Waals surface area contributed by atoms with Gasteiger partial charge in [-0.25, -0.2) is 4.98 Å². The van der Waals surface area contributed by atoms with Gasteiger partial charge in [0.1, 0.15) is 0 Å². The van der Waals surface area contributed by atoms with Crippen molar-refractivity contribution in [1.82, 2.24) is 10.3 Å². The maximum absolute atomic E-state index is 12.8. The highest BCUT2D eigenvalue weighted by molar-refractivity contribution is 5.95. The van der Waals surface area contributed by atoms with Crippen LogP contribution in [0, 0.1) is 11.8 Å². The Morgan fingerprint density at radius 2 is 1.41 bits per heavy atom. The Labute approximate surface area is 217 Å². The number of carbonyl (C=O) groups is 1. The highest BCUT2D eigenvalue weighted by atomic mass is 16.3. The van der Waals surface area contributed by atoms with Crippen LogP contribution in [0.1, 0.15) is 63.6 Å². The fraction of sp³-hybridized carbons (Fsp3) is 0.188. The van der Waals surface area contributed by atoms with Crippen LogP contribution in [-0.4, -0.2) is 16.0 Å². The molecule has 0 atom stereocenters. The van der Waals surface area contributed by atoms with E-state index in [1.165, 1.54) is 36.6 Å². The van der Waals surface area contributed by atoms with Gasteiger partial charge in [-0.1, -0.05) is 61.6 Å². The fourth-order valence-electron chi connectivity index (χ4n) is 3.90. The monoisotopic (exact) mass is 489 g/mol. The molecule has 0 saturated carbocycles. The predicted octanol–water partition coefficient (Wildman–Crippen LogP) is 6.19. The zero-order valence-corrected chi connectivity index (χ0v) is 20.8. The number of carbonyl (C=O) groups excluding carboxylic acids is 1. The summed E-state index contributed by atoms with van der Waals surface area (Å²) in [6.45, 7) is 2.48. The van der Waals surface area contributed by atoms with E-state index in [2.05, 4.69) is 53.3 Å². The van der Waals surface area contributed by atoms with E-state index in [-0.39, 0.29) is 24.1 Å². The summed E-state index contributed by atoms with van der Waals surface area (Å²) >= 11 is 0. The number of nitrogens with zero attached hydrogens (tertiary/aromatic N) is 1. The van der Waals surface area contributed by atoms with Gasteiger partial charge in [-0.2, -0.15) is 0 Å². The lowest BCUT2D eigenvalue weighted by Crippen LogP contribution is -2.24. The molecule has 37 heavy (non-hydrogen) atoms. The van der Waals surface area contributed by atoms with Gasteiger partial charge in [0, 0.05) is 30.2 Å². The van der Waals surface area contributed by atoms with Gasteiger partial charge in [0.25, 0.3) is 5.91 Å². The van der Waals surface area contributed by atoms with Crippen molar-refractivity contribution in [2.24, 2.45) is 0 Å². The van der Waals surface area contributed by atoms with Gasteiger partial charge in [0.05, 0.1) is 11.3 Å². The van der Waals surface area contributed by atoms with Crippen LogP contribution in [0.3, 0.4) is 0 Å². The summed E-state index contributed by atoms with van der Waals surface area (Å²) in [6, 6.07) is 25.5. The van der Waals surface area contributed by atoms with Gasteiger partial charge in [-0.05, 0) is 72.0 Å². The first-order valence-electron chi connectivity index (χ1n) is 12.4. The number of nitrogens with one attached hydrogen (secondary N) is 1. The number of unbranched alkanes of at least 4 members (excludes halogenated alkanes) is 1. The Bertz CT molecular complexity index is 1400. The first-order chi connectivity index (χ1) is 18.0. The quantitative estimate of drug-likeness (QED) is 0.289. The SMILES string of the molecule is CCCCc1ccc(C#Cc2ccc(Cc3nc(O)ccc3C(=O)NCc3ccc([O])cc3)cc2)cc1. The Balaban J connectivity index is 1.41. The zero-order chi connectivity index (χ0) is 26.0. The number of pyridine rings is 1. The van der Waals surface area contributed by atoms with Crippen molar-refractivity contribution in [3.63, 3.8) is 0 Å². The summed E-state index contributed by atoms with van der Waals surface area (Å²) in [5, 5.41) is 24.0. The second-order valence-corrected chi connectivity index (χ2v) is 8.91. The summed E-state index contributed by atoms with van der Waals surface area (Å²) in [6.07, 6.45) is 3.86. The fourth-order valence-corrected chi connectivity index (χ4v) is 3.90. The standard InChI is InChI=1S/C32H29N2O3/c1-2-3-4-23-5-7-24(8-6-23)9-10-25-11-13-26(14-12-25)21-30-29(19-20-31(36)34-30)32(37)33-22-27-15-17-28(35)18-16-27/h5-8,11-20H,2-4,21-22H2,1H3,(H,33,37)(H,34,36). The van der Waals surface area contributed by atoms with Crippen LogP contribution >= 0.6 is 0 Å². The van der Waals surface area contributed by atoms with Crippen molar-refractivity contribution in [1.29, 1.82) is 0 Å². The van der Waals surface area contributed by atoms with E-state index in [0.29, 0.717) is 17.7 Å². The number of hydrogen-bond acceptors (Lipinski definition) is 3. The maximum atomic E-state index is 12.8. The van der Waals surface area contributed by atoms with E-state index >= 15 is 0 Å². The minimum absolute atomic E-state index is 0.0754. The number of aryl methyl sites for hydroxylation is 1. The number of aromatic nitrogens is 1. The largest absolute Gasteiger partial charge is 0.493 e. The molecule has 0 spiro atoms. The summed E-state index contributed by atoms with van der Waals surface area (Å²) in [7, 11) is 0. The van der Waals surface area contributed by atoms with Crippen LogP contribution in [0.15, 0.2) is 84.9 Å². The zero-order valence-electron chi connectivity index (χ0n) is 20.8. The number of benzene rings is 3. The summed E-state index contributed by atoms with van der Waals surface area (Å²) in [5.41, 5.74) is 5.86. The van der Waals surface area contributed by atoms with E-state index < -0.39 is 0 Å². The molecule has 5 nitrogen and oxygen atoms in total. The van der Waals surface area contributed by atoms with E-state index in [1.807, 2.05) is 24.3 Å². The van der Waals surface area contributed by atoms with Crippen LogP contribution in [0.5, 0.6) is 11.6 Å². The normalized spacial score (nSPS) is 10.4. The molecule has 0 aliphatic heterocycles. The number of hydrogen-bond donors (Lipinski definition) is 2. The van der Waals surface area contributed by atoms with Crippen molar-refractivity contribution in [3.05, 3.63) is 124 Å². The Morgan fingerprint density at radius 1 is 0.811 bits per heavy atom. The van der Waals surface area contributed by atoms with Crippen molar-refractivity contribution in [2.75, 3.05) is 0 Å². The predicted molar refractivity (Wildman–Crippen MR) is 144 cm³/mol. The first kappa shape index (κ1) is 25.5. The van der Waals surface area contributed by atoms with Gasteiger partial charge in [0.2, 0.25) is 5.88 Å². The Kier molecular flexibility index (Phi) is 8.57. The molecule has 4 aromatic rings. The molecular formula is C32H29N2O3. The second kappa shape index (κ2) is 12.4. The van der Waals surface area contributed by atoms with E-state index in [1.54, 1.807) is 18.2 Å². The molecule has 185 valence electrons. The van der Waals surface area contributed by atoms with E-state index in [9.17, 15) is 15.0 Å². The molecule has 1 heterocycles. The third kappa shape index (κ3) is 7.46. The molecule has 2 N–H and O–H groups in total. The lowest BCUT2D eigenvalue weighted by molar-refractivity contribution is 0.0949. The molecule has 0 saturated heterocycles. The highest BCUT2D eigenvalue weighted by Crippen LogP contribution is 2.18. The maximum Gasteiger partial charge on any atom is 0.253 e. The van der Waals surface area contributed by atoms with Crippen LogP contribution in [0.2, 0.25) is 0 Å². The van der Waals surface area contributed by atoms with Crippen molar-refractivity contribution in [2.45, 2.75) is 39.2 Å². The molecule has 0 unspecified atom stereocenters. The number of rotatable bonds is 8. The van der Waals surface area contributed by atoms with E-state index in [0.717, 1.165) is 28.7 Å². The topological polar surface area (TPSA) is 82.1 Å². The highest BCUT2D eigenvalue weighted by Gasteiger charge is 2.14. The van der Waals surface area contributed by atoms with Gasteiger partial charge in [-0.3, -0.25) is 9.90 Å². The molecule has 0 aliphatic carbocycles. The Hall–Kier alpha value is -4.56. The van der Waals surface area contributed by atoms with Crippen molar-refractivity contribution >= 4 is 5.91 Å². The van der Waals surface area contributed by atoms with Gasteiger partial charge in [0.15, 0.2) is 5.75 Å². The van der Waals surface area contributed by atoms with Gasteiger partial charge in [-0.15, -0.1) is 0 Å². The van der Waals surface area contributed by atoms with Crippen LogP contribution < -0.4 is 5.32 Å². The minimum atomic E-state index is -0.295. The smallest absolute Gasteiger partial charge is 0.253 e. The summed E-state index contributed by atoms with van der Waals surface area (Å²) in [5.74, 6) is 5.90. The van der Waals surface area contributed by atoms with Crippen molar-refractivity contribution < 1.29 is 15.0 Å². The lowest BCUT2D eigenvalue weighted by atomic mass is 10.0. The average molecular weight is 490 g/mol. The lowest BCUT2D eigenvalue weighted by Gasteiger charge is -2.10. The first-order valence-corrected chi connectivity index (χ1v) is 12.4. The molecule has 3 aromatic carbocycles. The third-order valence-electron chi connectivity index (χ3n) is 6.03. The van der Waals surface area contributed by atoms with Crippen LogP contribution in [-0.2, 0) is 24.5 Å². The molecule has 1 aromatic heterocycles. The van der Waals surface area contributed by atoms with Gasteiger partial charge >= 0.3 is 0 Å². The molecule has 1 amide bonds. The molecular weight excluding hydrogens is 460 g/mol. The minimum Gasteiger partial charge on any atom is -0.493 e. The number of aromatic hydroxyl groups is 1. The third-order valence-corrected chi connectivity index (χ3v) is 6.03. The molecule has 0 fully saturated rings. The molecule has 5 heteroatoms. The summed E-state index contributed by atoms with van der Waals surface area (Å²) in [4.78, 5) is 17.0. The van der Waals surface area contributed by atoms with E-state index in [4.69, 9.17) is 0 Å². The van der Waals surface area contributed by atoms with Gasteiger partial charge < -0.3 is 10.4 Å². The van der Waals surface area contributed by atoms with Crippen LogP contribution in [0.4, 0.5) is 0 Å². The number of amides is 1. The second-order valence-electron chi connectivity index (χ2n) is 8.91. The summed E-state index contributed by atoms with van der Waals surface area (Å²) < 4.78 is 0. The molecule has 0 bridgehead atoms.